The molecular formula is C23H26NO5P. The van der Waals surface area contributed by atoms with Gasteiger partial charge < -0.3 is 19.0 Å². The Labute approximate surface area is 176 Å². The molecule has 3 aromatic carbocycles. The van der Waals surface area contributed by atoms with Crippen molar-refractivity contribution in [2.75, 3.05) is 6.61 Å². The van der Waals surface area contributed by atoms with Crippen molar-refractivity contribution in [1.29, 1.82) is 0 Å². The van der Waals surface area contributed by atoms with Gasteiger partial charge in [0.2, 0.25) is 0 Å². The van der Waals surface area contributed by atoms with Gasteiger partial charge in [-0.3, -0.25) is 4.57 Å². The van der Waals surface area contributed by atoms with Crippen LogP contribution in [0, 0.1) is 0 Å². The second-order valence-electron chi connectivity index (χ2n) is 6.70. The number of hydroxylamine groups is 1. The Morgan fingerprint density at radius 3 is 1.50 bits per heavy atom. The summed E-state index contributed by atoms with van der Waals surface area (Å²) in [4.78, 5) is 0. The summed E-state index contributed by atoms with van der Waals surface area (Å²) < 4.78 is 30.7. The number of benzene rings is 3. The van der Waals surface area contributed by atoms with E-state index in [1.165, 1.54) is 0 Å². The van der Waals surface area contributed by atoms with Gasteiger partial charge in [-0.15, -0.1) is 0 Å². The van der Waals surface area contributed by atoms with Crippen molar-refractivity contribution in [2.45, 2.75) is 25.6 Å². The van der Waals surface area contributed by atoms with Crippen LogP contribution in [0.15, 0.2) is 91.0 Å². The minimum atomic E-state index is -3.77. The molecule has 7 heteroatoms. The molecule has 30 heavy (non-hydrogen) atoms. The van der Waals surface area contributed by atoms with Gasteiger partial charge in [0.15, 0.2) is 5.78 Å². The SMILES string of the molecule is O=P(OCc1ccccc1)(OCc1ccccc1)[C@@H](COCc1ccccc1)NO. The minimum absolute atomic E-state index is 0.0494. The van der Waals surface area contributed by atoms with Crippen LogP contribution in [0.3, 0.4) is 0 Å². The summed E-state index contributed by atoms with van der Waals surface area (Å²) >= 11 is 0. The molecule has 0 heterocycles. The fourth-order valence-electron chi connectivity index (χ4n) is 2.76. The van der Waals surface area contributed by atoms with Crippen LogP contribution in [0.25, 0.3) is 0 Å². The predicted octanol–water partition coefficient (Wildman–Crippen LogP) is 5.13. The molecule has 0 radical (unpaired) electrons. The van der Waals surface area contributed by atoms with E-state index in [1.807, 2.05) is 91.0 Å². The van der Waals surface area contributed by atoms with Gasteiger partial charge in [0, 0.05) is 0 Å². The van der Waals surface area contributed by atoms with E-state index in [4.69, 9.17) is 13.8 Å². The third kappa shape index (κ3) is 6.89. The Morgan fingerprint density at radius 2 is 1.10 bits per heavy atom. The molecule has 0 spiro atoms. The number of ether oxygens (including phenoxy) is 1. The van der Waals surface area contributed by atoms with Crippen molar-refractivity contribution < 1.29 is 23.6 Å². The fourth-order valence-corrected chi connectivity index (χ4v) is 4.28. The lowest BCUT2D eigenvalue weighted by molar-refractivity contribution is 0.0504. The summed E-state index contributed by atoms with van der Waals surface area (Å²) in [6, 6.07) is 28.4. The van der Waals surface area contributed by atoms with Gasteiger partial charge in [0.25, 0.3) is 0 Å². The van der Waals surface area contributed by atoms with Crippen LogP contribution in [-0.4, -0.2) is 17.6 Å². The molecule has 0 saturated heterocycles. The molecule has 0 amide bonds. The van der Waals surface area contributed by atoms with Crippen LogP contribution in [0.2, 0.25) is 0 Å². The van der Waals surface area contributed by atoms with E-state index < -0.39 is 13.4 Å². The molecule has 0 aliphatic carbocycles. The highest BCUT2D eigenvalue weighted by Gasteiger charge is 2.36. The third-order valence-corrected chi connectivity index (χ3v) is 6.43. The molecule has 3 aromatic rings. The van der Waals surface area contributed by atoms with Gasteiger partial charge in [-0.25, -0.2) is 0 Å². The number of rotatable bonds is 12. The Balaban J connectivity index is 1.67. The molecule has 0 saturated carbocycles. The summed E-state index contributed by atoms with van der Waals surface area (Å²) in [7, 11) is -3.77. The lowest BCUT2D eigenvalue weighted by Crippen LogP contribution is -2.32. The quantitative estimate of drug-likeness (QED) is 0.308. The summed E-state index contributed by atoms with van der Waals surface area (Å²) in [6.07, 6.45) is 0. The van der Waals surface area contributed by atoms with Crippen molar-refractivity contribution in [1.82, 2.24) is 5.48 Å². The minimum Gasteiger partial charge on any atom is -0.374 e. The lowest BCUT2D eigenvalue weighted by Gasteiger charge is -2.26. The number of nitrogens with one attached hydrogen (secondary N) is 1. The van der Waals surface area contributed by atoms with E-state index in [-0.39, 0.29) is 19.8 Å². The molecule has 0 unspecified atom stereocenters. The van der Waals surface area contributed by atoms with Gasteiger partial charge in [-0.05, 0) is 16.7 Å². The summed E-state index contributed by atoms with van der Waals surface area (Å²) in [6.45, 7) is 0.441. The molecule has 6 nitrogen and oxygen atoms in total. The van der Waals surface area contributed by atoms with Gasteiger partial charge in [-0.2, -0.15) is 5.48 Å². The van der Waals surface area contributed by atoms with Gasteiger partial charge in [-0.1, -0.05) is 91.0 Å². The average Bonchev–Trinajstić information content (AvgIpc) is 2.81. The van der Waals surface area contributed by atoms with Crippen LogP contribution in [0.1, 0.15) is 16.7 Å². The monoisotopic (exact) mass is 427 g/mol. The Kier molecular flexibility index (Phi) is 8.78. The molecule has 1 atom stereocenters. The van der Waals surface area contributed by atoms with E-state index in [0.717, 1.165) is 16.7 Å². The first kappa shape index (κ1) is 22.4. The normalized spacial score (nSPS) is 12.6. The van der Waals surface area contributed by atoms with E-state index in [2.05, 4.69) is 5.48 Å². The number of hydrogen-bond acceptors (Lipinski definition) is 6. The third-order valence-electron chi connectivity index (χ3n) is 4.43. The fraction of sp³-hybridized carbons (Fsp3) is 0.217. The number of hydrogen-bond donors (Lipinski definition) is 2. The first-order valence-corrected chi connectivity index (χ1v) is 11.3. The summed E-state index contributed by atoms with van der Waals surface area (Å²) in [5.74, 6) is -1.03. The summed E-state index contributed by atoms with van der Waals surface area (Å²) in [5.41, 5.74) is 4.73. The van der Waals surface area contributed by atoms with Crippen LogP contribution in [0.5, 0.6) is 0 Å². The lowest BCUT2D eigenvalue weighted by atomic mass is 10.2. The van der Waals surface area contributed by atoms with Crippen LogP contribution in [0.4, 0.5) is 0 Å². The molecular weight excluding hydrogens is 401 g/mol. The Morgan fingerprint density at radius 1 is 0.700 bits per heavy atom. The highest BCUT2D eigenvalue weighted by molar-refractivity contribution is 7.54. The molecule has 0 aliphatic heterocycles. The van der Waals surface area contributed by atoms with E-state index in [1.54, 1.807) is 0 Å². The Hall–Kier alpha value is -2.31. The van der Waals surface area contributed by atoms with Gasteiger partial charge in [0.05, 0.1) is 26.4 Å². The highest BCUT2D eigenvalue weighted by Crippen LogP contribution is 2.53. The van der Waals surface area contributed by atoms with Crippen LogP contribution < -0.4 is 5.48 Å². The van der Waals surface area contributed by atoms with Gasteiger partial charge in [0.1, 0.15) is 0 Å². The maximum Gasteiger partial charge on any atom is 0.352 e. The zero-order valence-corrected chi connectivity index (χ0v) is 17.5. The Bertz CT molecular complexity index is 861. The molecule has 158 valence electrons. The van der Waals surface area contributed by atoms with E-state index in [9.17, 15) is 9.77 Å². The zero-order valence-electron chi connectivity index (χ0n) is 16.6. The molecule has 0 bridgehead atoms. The van der Waals surface area contributed by atoms with Crippen molar-refractivity contribution in [2.24, 2.45) is 0 Å². The maximum atomic E-state index is 13.6. The standard InChI is InChI=1S/C23H26NO5P/c25-24-23(19-27-16-20-10-4-1-5-11-20)30(26,28-17-21-12-6-2-7-13-21)29-18-22-14-8-3-9-15-22/h1-15,23-25H,16-19H2/t23-/m0/s1. The smallest absolute Gasteiger partial charge is 0.352 e. The molecule has 0 aliphatic rings. The van der Waals surface area contributed by atoms with Crippen molar-refractivity contribution in [3.8, 4) is 0 Å². The average molecular weight is 427 g/mol. The van der Waals surface area contributed by atoms with Crippen LogP contribution in [-0.2, 0) is 38.2 Å². The molecule has 2 N–H and O–H groups in total. The molecule has 0 aromatic heterocycles. The first-order chi connectivity index (χ1) is 14.7. The van der Waals surface area contributed by atoms with E-state index >= 15 is 0 Å². The first-order valence-electron chi connectivity index (χ1n) is 9.67. The highest BCUT2D eigenvalue weighted by atomic mass is 31.2. The van der Waals surface area contributed by atoms with Crippen molar-refractivity contribution in [3.63, 3.8) is 0 Å². The predicted molar refractivity (Wildman–Crippen MR) is 115 cm³/mol. The second-order valence-corrected chi connectivity index (χ2v) is 8.92. The zero-order chi connectivity index (χ0) is 21.1. The maximum absolute atomic E-state index is 13.6. The van der Waals surface area contributed by atoms with Crippen molar-refractivity contribution >= 4 is 7.60 Å². The van der Waals surface area contributed by atoms with Crippen molar-refractivity contribution in [3.05, 3.63) is 108 Å². The van der Waals surface area contributed by atoms with E-state index in [0.29, 0.717) is 6.61 Å². The summed E-state index contributed by atoms with van der Waals surface area (Å²) in [5, 5.41) is 9.69. The van der Waals surface area contributed by atoms with Gasteiger partial charge >= 0.3 is 7.60 Å². The molecule has 0 fully saturated rings. The second kappa shape index (κ2) is 11.8. The molecule has 3 rings (SSSR count). The van der Waals surface area contributed by atoms with Crippen LogP contribution >= 0.6 is 7.60 Å². The topological polar surface area (TPSA) is 77.0 Å². The largest absolute Gasteiger partial charge is 0.374 e.